The van der Waals surface area contributed by atoms with Gasteiger partial charge in [0.1, 0.15) is 0 Å². The molecule has 0 saturated heterocycles. The van der Waals surface area contributed by atoms with Gasteiger partial charge in [-0.05, 0) is 35.9 Å². The number of rotatable bonds is 4. The molecule has 2 aromatic carbocycles. The second-order valence-corrected chi connectivity index (χ2v) is 4.72. The molecule has 0 radical (unpaired) electrons. The van der Waals surface area contributed by atoms with Crippen LogP contribution < -0.4 is 5.32 Å². The van der Waals surface area contributed by atoms with E-state index in [1.54, 1.807) is 6.20 Å². The first-order valence-corrected chi connectivity index (χ1v) is 6.68. The SMILES string of the molecule is N#Cc1cccc(CNc2cccc(-c3ccn[nH]3)c2)c1. The third-order valence-electron chi connectivity index (χ3n) is 3.23. The van der Waals surface area contributed by atoms with Gasteiger partial charge in [-0.15, -0.1) is 0 Å². The van der Waals surface area contributed by atoms with Crippen LogP contribution in [-0.2, 0) is 6.54 Å². The fourth-order valence-corrected chi connectivity index (χ4v) is 2.17. The van der Waals surface area contributed by atoms with Crippen molar-refractivity contribution in [2.24, 2.45) is 0 Å². The first kappa shape index (κ1) is 12.9. The molecule has 2 N–H and O–H groups in total. The number of hydrogen-bond donors (Lipinski definition) is 2. The predicted molar refractivity (Wildman–Crippen MR) is 82.5 cm³/mol. The van der Waals surface area contributed by atoms with Gasteiger partial charge in [-0.25, -0.2) is 0 Å². The fraction of sp³-hybridized carbons (Fsp3) is 0.0588. The van der Waals surface area contributed by atoms with Crippen LogP contribution in [0, 0.1) is 11.3 Å². The van der Waals surface area contributed by atoms with Crippen LogP contribution in [0.3, 0.4) is 0 Å². The molecule has 3 rings (SSSR count). The maximum atomic E-state index is 8.91. The smallest absolute Gasteiger partial charge is 0.0991 e. The lowest BCUT2D eigenvalue weighted by molar-refractivity contribution is 1.09. The lowest BCUT2D eigenvalue weighted by Crippen LogP contribution is -1.99. The molecule has 0 saturated carbocycles. The molecule has 0 aliphatic carbocycles. The normalized spacial score (nSPS) is 10.0. The molecule has 0 fully saturated rings. The van der Waals surface area contributed by atoms with Crippen LogP contribution in [0.4, 0.5) is 5.69 Å². The molecule has 1 heterocycles. The molecule has 0 atom stereocenters. The van der Waals surface area contributed by atoms with E-state index in [1.165, 1.54) is 0 Å². The summed E-state index contributed by atoms with van der Waals surface area (Å²) in [6.07, 6.45) is 1.74. The van der Waals surface area contributed by atoms with Crippen LogP contribution in [0.5, 0.6) is 0 Å². The maximum Gasteiger partial charge on any atom is 0.0991 e. The summed E-state index contributed by atoms with van der Waals surface area (Å²) >= 11 is 0. The number of anilines is 1. The molecule has 0 bridgehead atoms. The first-order chi connectivity index (χ1) is 10.3. The number of nitrogens with one attached hydrogen (secondary N) is 2. The van der Waals surface area contributed by atoms with Gasteiger partial charge in [0.15, 0.2) is 0 Å². The summed E-state index contributed by atoms with van der Waals surface area (Å²) in [5.41, 5.74) is 4.87. The predicted octanol–water partition coefficient (Wildman–Crippen LogP) is 3.56. The van der Waals surface area contributed by atoms with E-state index in [9.17, 15) is 0 Å². The summed E-state index contributed by atoms with van der Waals surface area (Å²) in [5.74, 6) is 0. The highest BCUT2D eigenvalue weighted by molar-refractivity contribution is 5.64. The minimum atomic E-state index is 0.681. The topological polar surface area (TPSA) is 64.5 Å². The van der Waals surface area contributed by atoms with Crippen molar-refractivity contribution in [3.05, 3.63) is 71.9 Å². The van der Waals surface area contributed by atoms with Gasteiger partial charge in [0.25, 0.3) is 0 Å². The Balaban J connectivity index is 1.73. The Bertz CT molecular complexity index is 769. The largest absolute Gasteiger partial charge is 0.381 e. The van der Waals surface area contributed by atoms with Crippen molar-refractivity contribution in [1.29, 1.82) is 5.26 Å². The van der Waals surface area contributed by atoms with E-state index in [0.29, 0.717) is 12.1 Å². The molecule has 21 heavy (non-hydrogen) atoms. The molecule has 0 unspecified atom stereocenters. The number of aromatic amines is 1. The maximum absolute atomic E-state index is 8.91. The average molecular weight is 274 g/mol. The summed E-state index contributed by atoms with van der Waals surface area (Å²) in [7, 11) is 0. The summed E-state index contributed by atoms with van der Waals surface area (Å²) in [4.78, 5) is 0. The summed E-state index contributed by atoms with van der Waals surface area (Å²) in [5, 5.41) is 19.2. The van der Waals surface area contributed by atoms with Gasteiger partial charge in [0, 0.05) is 24.0 Å². The van der Waals surface area contributed by atoms with Crippen molar-refractivity contribution >= 4 is 5.69 Å². The molecule has 0 spiro atoms. The van der Waals surface area contributed by atoms with Crippen LogP contribution in [0.25, 0.3) is 11.3 Å². The highest BCUT2D eigenvalue weighted by atomic mass is 15.1. The van der Waals surface area contributed by atoms with Crippen molar-refractivity contribution in [2.75, 3.05) is 5.32 Å². The zero-order valence-electron chi connectivity index (χ0n) is 11.4. The number of nitriles is 1. The minimum absolute atomic E-state index is 0.681. The average Bonchev–Trinajstić information content (AvgIpc) is 3.08. The van der Waals surface area contributed by atoms with Gasteiger partial charge in [0.05, 0.1) is 17.3 Å². The molecule has 4 heteroatoms. The number of H-pyrrole nitrogens is 1. The molecule has 0 amide bonds. The van der Waals surface area contributed by atoms with Gasteiger partial charge in [-0.3, -0.25) is 5.10 Å². The molecule has 0 aliphatic rings. The quantitative estimate of drug-likeness (QED) is 0.764. The summed E-state index contributed by atoms with van der Waals surface area (Å²) in [6, 6.07) is 19.8. The van der Waals surface area contributed by atoms with Gasteiger partial charge >= 0.3 is 0 Å². The van der Waals surface area contributed by atoms with E-state index in [2.05, 4.69) is 27.6 Å². The number of nitrogens with zero attached hydrogens (tertiary/aromatic N) is 2. The molecule has 4 nitrogen and oxygen atoms in total. The van der Waals surface area contributed by atoms with Crippen LogP contribution in [-0.4, -0.2) is 10.2 Å². The Kier molecular flexibility index (Phi) is 3.66. The Morgan fingerprint density at radius 1 is 1.10 bits per heavy atom. The molecule has 0 aliphatic heterocycles. The fourth-order valence-electron chi connectivity index (χ4n) is 2.17. The molecule has 1 aromatic heterocycles. The number of hydrogen-bond acceptors (Lipinski definition) is 3. The first-order valence-electron chi connectivity index (χ1n) is 6.68. The van der Waals surface area contributed by atoms with Gasteiger partial charge in [0.2, 0.25) is 0 Å². The Morgan fingerprint density at radius 3 is 2.81 bits per heavy atom. The lowest BCUT2D eigenvalue weighted by atomic mass is 10.1. The summed E-state index contributed by atoms with van der Waals surface area (Å²) < 4.78 is 0. The highest BCUT2D eigenvalue weighted by Crippen LogP contribution is 2.20. The van der Waals surface area contributed by atoms with E-state index in [0.717, 1.165) is 22.5 Å². The zero-order valence-corrected chi connectivity index (χ0v) is 11.4. The van der Waals surface area contributed by atoms with E-state index in [1.807, 2.05) is 48.5 Å². The van der Waals surface area contributed by atoms with E-state index in [-0.39, 0.29) is 0 Å². The second kappa shape index (κ2) is 5.93. The van der Waals surface area contributed by atoms with Crippen LogP contribution >= 0.6 is 0 Å². The lowest BCUT2D eigenvalue weighted by Gasteiger charge is -2.08. The van der Waals surface area contributed by atoms with E-state index in [4.69, 9.17) is 5.26 Å². The molecule has 102 valence electrons. The van der Waals surface area contributed by atoms with Crippen LogP contribution in [0.1, 0.15) is 11.1 Å². The second-order valence-electron chi connectivity index (χ2n) is 4.72. The van der Waals surface area contributed by atoms with Crippen molar-refractivity contribution < 1.29 is 0 Å². The Morgan fingerprint density at radius 2 is 2.00 bits per heavy atom. The summed E-state index contributed by atoms with van der Waals surface area (Å²) in [6.45, 7) is 0.682. The Hall–Kier alpha value is -3.06. The standard InChI is InChI=1S/C17H14N4/c18-11-13-3-1-4-14(9-13)12-19-16-6-2-5-15(10-16)17-7-8-20-21-17/h1-10,19H,12H2,(H,20,21). The molecule has 3 aromatic rings. The number of aromatic nitrogens is 2. The van der Waals surface area contributed by atoms with Gasteiger partial charge < -0.3 is 5.32 Å². The third-order valence-corrected chi connectivity index (χ3v) is 3.23. The van der Waals surface area contributed by atoms with Gasteiger partial charge in [-0.2, -0.15) is 10.4 Å². The third kappa shape index (κ3) is 3.10. The Labute approximate surface area is 123 Å². The van der Waals surface area contributed by atoms with Crippen LogP contribution in [0.15, 0.2) is 60.8 Å². The van der Waals surface area contributed by atoms with Crippen molar-refractivity contribution in [3.63, 3.8) is 0 Å². The zero-order chi connectivity index (χ0) is 14.5. The van der Waals surface area contributed by atoms with Gasteiger partial charge in [-0.1, -0.05) is 24.3 Å². The highest BCUT2D eigenvalue weighted by Gasteiger charge is 2.01. The monoisotopic (exact) mass is 274 g/mol. The van der Waals surface area contributed by atoms with Crippen molar-refractivity contribution in [2.45, 2.75) is 6.54 Å². The van der Waals surface area contributed by atoms with Crippen LogP contribution in [0.2, 0.25) is 0 Å². The van der Waals surface area contributed by atoms with Crippen molar-refractivity contribution in [1.82, 2.24) is 10.2 Å². The minimum Gasteiger partial charge on any atom is -0.381 e. The van der Waals surface area contributed by atoms with Crippen molar-refractivity contribution in [3.8, 4) is 17.3 Å². The molecular weight excluding hydrogens is 260 g/mol. The number of benzene rings is 2. The van der Waals surface area contributed by atoms with E-state index < -0.39 is 0 Å². The van der Waals surface area contributed by atoms with E-state index >= 15 is 0 Å². The molecular formula is C17H14N4.